The summed E-state index contributed by atoms with van der Waals surface area (Å²) in [6.45, 7) is 5.38. The Labute approximate surface area is 142 Å². The largest absolute Gasteiger partial charge is 0.480 e. The number of amides is 1. The van der Waals surface area contributed by atoms with Crippen LogP contribution in [-0.4, -0.2) is 23.0 Å². The van der Waals surface area contributed by atoms with Crippen LogP contribution in [0.3, 0.4) is 0 Å². The van der Waals surface area contributed by atoms with Crippen molar-refractivity contribution in [2.24, 2.45) is 5.92 Å². The first kappa shape index (κ1) is 17.7. The van der Waals surface area contributed by atoms with Crippen molar-refractivity contribution in [2.45, 2.75) is 32.2 Å². The van der Waals surface area contributed by atoms with Gasteiger partial charge in [0.1, 0.15) is 6.04 Å². The van der Waals surface area contributed by atoms with Crippen molar-refractivity contribution in [1.29, 1.82) is 0 Å². The molecule has 0 aliphatic carbocycles. The molecule has 0 saturated carbocycles. The lowest BCUT2D eigenvalue weighted by molar-refractivity contribution is -0.143. The van der Waals surface area contributed by atoms with Gasteiger partial charge < -0.3 is 10.4 Å². The second-order valence-corrected chi connectivity index (χ2v) is 6.39. The number of carboxylic acid groups (broad SMARTS) is 1. The highest BCUT2D eigenvalue weighted by molar-refractivity contribution is 5.94. The van der Waals surface area contributed by atoms with Crippen molar-refractivity contribution in [3.8, 4) is 0 Å². The summed E-state index contributed by atoms with van der Waals surface area (Å²) in [6.07, 6.45) is 0. The van der Waals surface area contributed by atoms with Crippen LogP contribution in [0.1, 0.15) is 31.9 Å². The molecule has 0 spiro atoms. The average Bonchev–Trinajstić information content (AvgIpc) is 2.59. The second-order valence-electron chi connectivity index (χ2n) is 6.39. The molecule has 0 aliphatic rings. The monoisotopic (exact) mass is 325 g/mol. The number of nitrogens with one attached hydrogen (secondary N) is 1. The zero-order chi connectivity index (χ0) is 17.7. The van der Waals surface area contributed by atoms with Gasteiger partial charge in [-0.25, -0.2) is 4.79 Å². The fourth-order valence-corrected chi connectivity index (χ4v) is 2.77. The molecule has 126 valence electrons. The first-order valence-electron chi connectivity index (χ1n) is 8.02. The number of carboxylic acids is 1. The zero-order valence-corrected chi connectivity index (χ0v) is 14.2. The fraction of sp³-hybridized carbons (Fsp3) is 0.300. The van der Waals surface area contributed by atoms with Crippen LogP contribution in [0.25, 0.3) is 0 Å². The smallest absolute Gasteiger partial charge is 0.326 e. The van der Waals surface area contributed by atoms with E-state index in [0.717, 1.165) is 11.1 Å². The van der Waals surface area contributed by atoms with E-state index >= 15 is 0 Å². The zero-order valence-electron chi connectivity index (χ0n) is 14.2. The maximum Gasteiger partial charge on any atom is 0.326 e. The van der Waals surface area contributed by atoms with Crippen molar-refractivity contribution in [2.75, 3.05) is 0 Å². The number of carbonyl (C=O) groups excluding carboxylic acids is 1. The second kappa shape index (κ2) is 7.30. The summed E-state index contributed by atoms with van der Waals surface area (Å²) >= 11 is 0. The molecule has 4 heteroatoms. The molecule has 4 nitrogen and oxygen atoms in total. The van der Waals surface area contributed by atoms with Crippen LogP contribution >= 0.6 is 0 Å². The predicted octanol–water partition coefficient (Wildman–Crippen LogP) is 3.22. The molecule has 0 radical (unpaired) electrons. The maximum absolute atomic E-state index is 13.1. The van der Waals surface area contributed by atoms with Crippen molar-refractivity contribution in [3.63, 3.8) is 0 Å². The van der Waals surface area contributed by atoms with E-state index in [-0.39, 0.29) is 11.8 Å². The number of benzene rings is 2. The van der Waals surface area contributed by atoms with Crippen molar-refractivity contribution in [3.05, 3.63) is 71.8 Å². The van der Waals surface area contributed by atoms with E-state index in [2.05, 4.69) is 5.32 Å². The third-order valence-corrected chi connectivity index (χ3v) is 4.38. The molecule has 0 saturated heterocycles. The van der Waals surface area contributed by atoms with Crippen LogP contribution in [-0.2, 0) is 15.0 Å². The van der Waals surface area contributed by atoms with Crippen molar-refractivity contribution in [1.82, 2.24) is 5.32 Å². The highest BCUT2D eigenvalue weighted by Crippen LogP contribution is 2.32. The van der Waals surface area contributed by atoms with E-state index in [4.69, 9.17) is 0 Å². The van der Waals surface area contributed by atoms with E-state index in [9.17, 15) is 14.7 Å². The molecule has 2 aromatic rings. The molecule has 2 N–H and O–H groups in total. The van der Waals surface area contributed by atoms with E-state index in [1.54, 1.807) is 13.8 Å². The average molecular weight is 325 g/mol. The van der Waals surface area contributed by atoms with Gasteiger partial charge >= 0.3 is 5.97 Å². The molecule has 0 heterocycles. The summed E-state index contributed by atoms with van der Waals surface area (Å²) in [5.41, 5.74) is 0.675. The van der Waals surface area contributed by atoms with Gasteiger partial charge in [-0.15, -0.1) is 0 Å². The van der Waals surface area contributed by atoms with Crippen molar-refractivity contribution < 1.29 is 14.7 Å². The van der Waals surface area contributed by atoms with E-state index in [1.165, 1.54) is 0 Å². The number of hydrogen-bond donors (Lipinski definition) is 2. The number of aliphatic carboxylic acids is 1. The van der Waals surface area contributed by atoms with Gasteiger partial charge in [0.2, 0.25) is 5.91 Å². The van der Waals surface area contributed by atoms with Crippen LogP contribution in [0.2, 0.25) is 0 Å². The van der Waals surface area contributed by atoms with Crippen molar-refractivity contribution >= 4 is 11.9 Å². The summed E-state index contributed by atoms with van der Waals surface area (Å²) in [4.78, 5) is 24.6. The van der Waals surface area contributed by atoms with Crippen LogP contribution < -0.4 is 5.32 Å². The Hall–Kier alpha value is -2.62. The van der Waals surface area contributed by atoms with Crippen LogP contribution in [0.15, 0.2) is 60.7 Å². The van der Waals surface area contributed by atoms with Gasteiger partial charge in [-0.3, -0.25) is 4.79 Å². The predicted molar refractivity (Wildman–Crippen MR) is 93.7 cm³/mol. The SMILES string of the molecule is CC(C)[C@H](NC(=O)C(C)(c1ccccc1)c1ccccc1)C(=O)O. The normalized spacial score (nSPS) is 12.7. The summed E-state index contributed by atoms with van der Waals surface area (Å²) in [6, 6.07) is 17.9. The Morgan fingerprint density at radius 3 is 1.67 bits per heavy atom. The third-order valence-electron chi connectivity index (χ3n) is 4.38. The van der Waals surface area contributed by atoms with E-state index < -0.39 is 17.4 Å². The molecule has 2 rings (SSSR count). The van der Waals surface area contributed by atoms with E-state index in [1.807, 2.05) is 67.6 Å². The quantitative estimate of drug-likeness (QED) is 0.857. The molecule has 0 unspecified atom stereocenters. The molecule has 1 amide bonds. The highest BCUT2D eigenvalue weighted by atomic mass is 16.4. The maximum atomic E-state index is 13.1. The molecule has 0 aliphatic heterocycles. The van der Waals surface area contributed by atoms with Crippen LogP contribution in [0.4, 0.5) is 0 Å². The van der Waals surface area contributed by atoms with Crippen LogP contribution in [0.5, 0.6) is 0 Å². The minimum Gasteiger partial charge on any atom is -0.480 e. The van der Waals surface area contributed by atoms with Gasteiger partial charge in [-0.2, -0.15) is 0 Å². The Morgan fingerprint density at radius 2 is 1.33 bits per heavy atom. The standard InChI is InChI=1S/C20H23NO3/c1-14(2)17(18(22)23)21-19(24)20(3,15-10-6-4-7-11-15)16-12-8-5-9-13-16/h4-14,17H,1-3H3,(H,21,24)(H,22,23)/t17-/m0/s1. The molecule has 24 heavy (non-hydrogen) atoms. The Balaban J connectivity index is 2.48. The molecular weight excluding hydrogens is 302 g/mol. The lowest BCUT2D eigenvalue weighted by Crippen LogP contribution is -2.51. The van der Waals surface area contributed by atoms with Gasteiger partial charge in [0, 0.05) is 0 Å². The van der Waals surface area contributed by atoms with Gasteiger partial charge in [0.25, 0.3) is 0 Å². The lowest BCUT2D eigenvalue weighted by Gasteiger charge is -2.31. The molecule has 0 bridgehead atoms. The highest BCUT2D eigenvalue weighted by Gasteiger charge is 2.39. The molecule has 0 aromatic heterocycles. The molecular formula is C20H23NO3. The summed E-state index contributed by atoms with van der Waals surface area (Å²) < 4.78 is 0. The molecule has 1 atom stereocenters. The molecule has 0 fully saturated rings. The summed E-state index contributed by atoms with van der Waals surface area (Å²) in [5, 5.41) is 12.1. The number of carbonyl (C=O) groups is 2. The van der Waals surface area contributed by atoms with Crippen LogP contribution in [0, 0.1) is 5.92 Å². The van der Waals surface area contributed by atoms with Gasteiger partial charge in [0.15, 0.2) is 0 Å². The first-order valence-corrected chi connectivity index (χ1v) is 8.02. The summed E-state index contributed by atoms with van der Waals surface area (Å²) in [7, 11) is 0. The minimum atomic E-state index is -1.03. The summed E-state index contributed by atoms with van der Waals surface area (Å²) in [5.74, 6) is -1.55. The Morgan fingerprint density at radius 1 is 0.917 bits per heavy atom. The van der Waals surface area contributed by atoms with Gasteiger partial charge in [0.05, 0.1) is 5.41 Å². The van der Waals surface area contributed by atoms with Gasteiger partial charge in [-0.1, -0.05) is 74.5 Å². The number of hydrogen-bond acceptors (Lipinski definition) is 2. The molecule has 2 aromatic carbocycles. The third kappa shape index (κ3) is 3.48. The Bertz CT molecular complexity index is 656. The number of rotatable bonds is 6. The fourth-order valence-electron chi connectivity index (χ4n) is 2.77. The van der Waals surface area contributed by atoms with E-state index in [0.29, 0.717) is 0 Å². The lowest BCUT2D eigenvalue weighted by atomic mass is 9.75. The first-order chi connectivity index (χ1) is 11.4. The Kier molecular flexibility index (Phi) is 5.39. The topological polar surface area (TPSA) is 66.4 Å². The minimum absolute atomic E-state index is 0.206. The van der Waals surface area contributed by atoms with Gasteiger partial charge in [-0.05, 0) is 24.0 Å².